The van der Waals surface area contributed by atoms with Gasteiger partial charge in [-0.3, -0.25) is 9.69 Å². The van der Waals surface area contributed by atoms with E-state index < -0.39 is 0 Å². The first kappa shape index (κ1) is 16.6. The Labute approximate surface area is 142 Å². The number of carbonyl (C=O) groups is 1. The van der Waals surface area contributed by atoms with E-state index in [-0.39, 0.29) is 11.9 Å². The molecule has 1 atom stereocenters. The Bertz CT molecular complexity index is 676. The zero-order valence-electron chi connectivity index (χ0n) is 14.2. The Morgan fingerprint density at radius 3 is 2.79 bits per heavy atom. The molecule has 1 amide bonds. The van der Waals surface area contributed by atoms with Crippen LogP contribution in [-0.4, -0.2) is 37.6 Å². The first-order valence-corrected chi connectivity index (χ1v) is 8.39. The first-order chi connectivity index (χ1) is 11.7. The van der Waals surface area contributed by atoms with E-state index in [2.05, 4.69) is 10.2 Å². The number of carbonyl (C=O) groups excluding carboxylic acids is 1. The summed E-state index contributed by atoms with van der Waals surface area (Å²) < 4.78 is 10.9. The number of likely N-dealkylation sites (tertiary alicyclic amines) is 1. The predicted molar refractivity (Wildman–Crippen MR) is 92.3 cm³/mol. The molecule has 128 valence electrons. The number of hydrogen-bond acceptors (Lipinski definition) is 4. The topological polar surface area (TPSA) is 54.7 Å². The molecular weight excluding hydrogens is 304 g/mol. The number of methoxy groups -OCH3 is 1. The van der Waals surface area contributed by atoms with E-state index in [1.54, 1.807) is 19.4 Å². The van der Waals surface area contributed by atoms with Crippen LogP contribution in [0.1, 0.15) is 40.6 Å². The minimum atomic E-state index is -0.0935. The third-order valence-corrected chi connectivity index (χ3v) is 4.58. The van der Waals surface area contributed by atoms with Gasteiger partial charge in [-0.15, -0.1) is 0 Å². The molecule has 1 aliphatic rings. The van der Waals surface area contributed by atoms with Crippen LogP contribution in [0.15, 0.2) is 41.0 Å². The number of ether oxygens (including phenoxy) is 1. The minimum absolute atomic E-state index is 0.0822. The van der Waals surface area contributed by atoms with Gasteiger partial charge in [0.2, 0.25) is 0 Å². The van der Waals surface area contributed by atoms with Gasteiger partial charge < -0.3 is 14.5 Å². The molecule has 24 heavy (non-hydrogen) atoms. The highest BCUT2D eigenvalue weighted by Crippen LogP contribution is 2.25. The molecule has 1 unspecified atom stereocenters. The second kappa shape index (κ2) is 7.53. The maximum Gasteiger partial charge on any atom is 0.251 e. The molecule has 5 nitrogen and oxygen atoms in total. The fourth-order valence-corrected chi connectivity index (χ4v) is 3.20. The molecule has 0 spiro atoms. The maximum absolute atomic E-state index is 12.5. The summed E-state index contributed by atoms with van der Waals surface area (Å²) >= 11 is 0. The van der Waals surface area contributed by atoms with Gasteiger partial charge in [-0.05, 0) is 62.7 Å². The quantitative estimate of drug-likeness (QED) is 0.885. The number of furan rings is 1. The molecule has 1 aromatic carbocycles. The van der Waals surface area contributed by atoms with Crippen molar-refractivity contribution in [3.63, 3.8) is 0 Å². The summed E-state index contributed by atoms with van der Waals surface area (Å²) in [6.45, 7) is 4.57. The van der Waals surface area contributed by atoms with Crippen molar-refractivity contribution in [2.45, 2.75) is 25.8 Å². The third kappa shape index (κ3) is 3.62. The summed E-state index contributed by atoms with van der Waals surface area (Å²) in [5.41, 5.74) is 1.62. The van der Waals surface area contributed by atoms with Gasteiger partial charge in [0, 0.05) is 12.1 Å². The van der Waals surface area contributed by atoms with E-state index in [1.165, 1.54) is 12.8 Å². The highest BCUT2D eigenvalue weighted by Gasteiger charge is 2.26. The molecule has 0 radical (unpaired) electrons. The van der Waals surface area contributed by atoms with E-state index in [0.717, 1.165) is 30.2 Å². The van der Waals surface area contributed by atoms with Crippen molar-refractivity contribution in [2.75, 3.05) is 26.7 Å². The van der Waals surface area contributed by atoms with Gasteiger partial charge in [0.15, 0.2) is 0 Å². The largest absolute Gasteiger partial charge is 0.496 e. The Morgan fingerprint density at radius 1 is 1.33 bits per heavy atom. The van der Waals surface area contributed by atoms with Crippen LogP contribution in [0.5, 0.6) is 5.75 Å². The van der Waals surface area contributed by atoms with Crippen molar-refractivity contribution in [1.82, 2.24) is 10.2 Å². The number of aryl methyl sites for hydroxylation is 1. The second-order valence-corrected chi connectivity index (χ2v) is 6.17. The summed E-state index contributed by atoms with van der Waals surface area (Å²) in [5, 5.41) is 3.04. The molecule has 1 N–H and O–H groups in total. The van der Waals surface area contributed by atoms with Crippen molar-refractivity contribution in [2.24, 2.45) is 0 Å². The van der Waals surface area contributed by atoms with Crippen molar-refractivity contribution < 1.29 is 13.9 Å². The van der Waals surface area contributed by atoms with Gasteiger partial charge >= 0.3 is 0 Å². The number of nitrogens with one attached hydrogen (secondary N) is 1. The molecule has 0 bridgehead atoms. The first-order valence-electron chi connectivity index (χ1n) is 8.39. The number of benzene rings is 1. The number of hydrogen-bond donors (Lipinski definition) is 1. The van der Waals surface area contributed by atoms with Crippen LogP contribution in [0.25, 0.3) is 0 Å². The molecule has 1 aliphatic heterocycles. The maximum atomic E-state index is 12.5. The number of rotatable bonds is 6. The lowest BCUT2D eigenvalue weighted by atomic mass is 10.1. The smallest absolute Gasteiger partial charge is 0.251 e. The molecule has 5 heteroatoms. The lowest BCUT2D eigenvalue weighted by molar-refractivity contribution is 0.0933. The SMILES string of the molecule is COc1cc(C(=O)NCC(c2ccco2)N2CCCC2)ccc1C. The van der Waals surface area contributed by atoms with Gasteiger partial charge in [0.05, 0.1) is 19.4 Å². The molecule has 0 aliphatic carbocycles. The summed E-state index contributed by atoms with van der Waals surface area (Å²) in [5.74, 6) is 1.53. The normalized spacial score (nSPS) is 16.1. The highest BCUT2D eigenvalue weighted by atomic mass is 16.5. The van der Waals surface area contributed by atoms with E-state index >= 15 is 0 Å². The summed E-state index contributed by atoms with van der Waals surface area (Å²) in [6.07, 6.45) is 4.08. The van der Waals surface area contributed by atoms with Crippen LogP contribution in [0.2, 0.25) is 0 Å². The summed E-state index contributed by atoms with van der Waals surface area (Å²) in [4.78, 5) is 14.9. The van der Waals surface area contributed by atoms with Crippen LogP contribution in [-0.2, 0) is 0 Å². The lowest BCUT2D eigenvalue weighted by Crippen LogP contribution is -2.36. The van der Waals surface area contributed by atoms with Gasteiger partial charge in [-0.25, -0.2) is 0 Å². The van der Waals surface area contributed by atoms with Crippen LogP contribution in [0.3, 0.4) is 0 Å². The Balaban J connectivity index is 1.69. The zero-order chi connectivity index (χ0) is 16.9. The predicted octanol–water partition coefficient (Wildman–Crippen LogP) is 3.16. The van der Waals surface area contributed by atoms with Crippen molar-refractivity contribution in [3.8, 4) is 5.75 Å². The zero-order valence-corrected chi connectivity index (χ0v) is 14.2. The average Bonchev–Trinajstić information content (AvgIpc) is 3.29. The van der Waals surface area contributed by atoms with Gasteiger partial charge in [0.25, 0.3) is 5.91 Å². The van der Waals surface area contributed by atoms with Gasteiger partial charge in [-0.2, -0.15) is 0 Å². The lowest BCUT2D eigenvalue weighted by Gasteiger charge is -2.26. The van der Waals surface area contributed by atoms with Crippen LogP contribution in [0.4, 0.5) is 0 Å². The standard InChI is InChI=1S/C19H24N2O3/c1-14-7-8-15(12-18(14)23-2)19(22)20-13-16(17-6-5-11-24-17)21-9-3-4-10-21/h5-8,11-12,16H,3-4,9-10,13H2,1-2H3,(H,20,22). The molecule has 2 aromatic rings. The number of nitrogens with zero attached hydrogens (tertiary/aromatic N) is 1. The summed E-state index contributed by atoms with van der Waals surface area (Å²) in [7, 11) is 1.62. The fraction of sp³-hybridized carbons (Fsp3) is 0.421. The Hall–Kier alpha value is -2.27. The van der Waals surface area contributed by atoms with Crippen molar-refractivity contribution in [3.05, 3.63) is 53.5 Å². The van der Waals surface area contributed by atoms with E-state index in [9.17, 15) is 4.79 Å². The van der Waals surface area contributed by atoms with Crippen LogP contribution < -0.4 is 10.1 Å². The van der Waals surface area contributed by atoms with Gasteiger partial charge in [0.1, 0.15) is 11.5 Å². The van der Waals surface area contributed by atoms with Crippen molar-refractivity contribution in [1.29, 1.82) is 0 Å². The number of amides is 1. The van der Waals surface area contributed by atoms with Crippen molar-refractivity contribution >= 4 is 5.91 Å². The highest BCUT2D eigenvalue weighted by molar-refractivity contribution is 5.94. The Kier molecular flexibility index (Phi) is 5.20. The summed E-state index contributed by atoms with van der Waals surface area (Å²) in [6, 6.07) is 9.46. The molecule has 2 heterocycles. The van der Waals surface area contributed by atoms with E-state index in [1.807, 2.05) is 31.2 Å². The van der Waals surface area contributed by atoms with Crippen LogP contribution in [0, 0.1) is 6.92 Å². The van der Waals surface area contributed by atoms with Crippen LogP contribution >= 0.6 is 0 Å². The molecule has 1 aromatic heterocycles. The molecule has 3 rings (SSSR count). The van der Waals surface area contributed by atoms with E-state index in [4.69, 9.17) is 9.15 Å². The van der Waals surface area contributed by atoms with Gasteiger partial charge in [-0.1, -0.05) is 6.07 Å². The minimum Gasteiger partial charge on any atom is -0.496 e. The molecule has 1 fully saturated rings. The van der Waals surface area contributed by atoms with E-state index in [0.29, 0.717) is 12.1 Å². The third-order valence-electron chi connectivity index (χ3n) is 4.58. The molecule has 0 saturated carbocycles. The molecular formula is C19H24N2O3. The Morgan fingerprint density at radius 2 is 2.12 bits per heavy atom. The second-order valence-electron chi connectivity index (χ2n) is 6.17. The monoisotopic (exact) mass is 328 g/mol. The molecule has 1 saturated heterocycles. The average molecular weight is 328 g/mol. The fourth-order valence-electron chi connectivity index (χ4n) is 3.20.